The molecule has 0 saturated heterocycles. The summed E-state index contributed by atoms with van der Waals surface area (Å²) in [6.07, 6.45) is -0.0285. The van der Waals surface area contributed by atoms with E-state index in [0.29, 0.717) is 13.2 Å². The third-order valence-electron chi connectivity index (χ3n) is 1.05. The fourth-order valence-electron chi connectivity index (χ4n) is 0.587. The van der Waals surface area contributed by atoms with Gasteiger partial charge in [0.15, 0.2) is 0 Å². The van der Waals surface area contributed by atoms with Crippen LogP contribution in [0, 0.1) is 0 Å². The van der Waals surface area contributed by atoms with Crippen molar-refractivity contribution < 1.29 is 14.6 Å². The highest BCUT2D eigenvalue weighted by molar-refractivity contribution is 5.64. The van der Waals surface area contributed by atoms with Crippen LogP contribution in [0.25, 0.3) is 0 Å². The highest BCUT2D eigenvalue weighted by Gasteiger charge is 1.94. The van der Waals surface area contributed by atoms with Gasteiger partial charge in [-0.05, 0) is 20.3 Å². The Labute approximate surface area is 66.5 Å². The van der Waals surface area contributed by atoms with Crippen LogP contribution in [0.1, 0.15) is 20.3 Å². The van der Waals surface area contributed by atoms with E-state index in [9.17, 15) is 4.79 Å². The van der Waals surface area contributed by atoms with Gasteiger partial charge in [-0.3, -0.25) is 0 Å². The Kier molecular flexibility index (Phi) is 5.56. The molecule has 0 saturated carbocycles. The molecule has 1 amide bonds. The monoisotopic (exact) mass is 161 g/mol. The molecule has 66 valence electrons. The minimum Gasteiger partial charge on any atom is -0.465 e. The van der Waals surface area contributed by atoms with Crippen molar-refractivity contribution in [3.8, 4) is 0 Å². The zero-order chi connectivity index (χ0) is 8.69. The molecule has 0 aromatic heterocycles. The Bertz CT molecular complexity index is 114. The van der Waals surface area contributed by atoms with Gasteiger partial charge in [0, 0.05) is 13.2 Å². The van der Waals surface area contributed by atoms with Crippen LogP contribution < -0.4 is 5.32 Å². The summed E-state index contributed by atoms with van der Waals surface area (Å²) in [5.74, 6) is 0. The van der Waals surface area contributed by atoms with Gasteiger partial charge < -0.3 is 15.2 Å². The summed E-state index contributed by atoms with van der Waals surface area (Å²) in [4.78, 5) is 9.94. The number of ether oxygens (including phenoxy) is 1. The van der Waals surface area contributed by atoms with Gasteiger partial charge in [0.05, 0.1) is 6.10 Å². The number of hydrogen-bond acceptors (Lipinski definition) is 2. The zero-order valence-electron chi connectivity index (χ0n) is 6.96. The van der Waals surface area contributed by atoms with Gasteiger partial charge in [0.25, 0.3) is 0 Å². The maximum absolute atomic E-state index is 9.94. The Balaban J connectivity index is 2.97. The molecular formula is C7H15NO3. The highest BCUT2D eigenvalue weighted by Crippen LogP contribution is 1.88. The highest BCUT2D eigenvalue weighted by atomic mass is 16.5. The maximum Gasteiger partial charge on any atom is 0.404 e. The van der Waals surface area contributed by atoms with Gasteiger partial charge in [-0.15, -0.1) is 0 Å². The van der Waals surface area contributed by atoms with Gasteiger partial charge in [-0.1, -0.05) is 0 Å². The van der Waals surface area contributed by atoms with E-state index in [2.05, 4.69) is 5.32 Å². The smallest absolute Gasteiger partial charge is 0.404 e. The zero-order valence-corrected chi connectivity index (χ0v) is 6.96. The summed E-state index contributed by atoms with van der Waals surface area (Å²) in [5, 5.41) is 10.4. The quantitative estimate of drug-likeness (QED) is 0.593. The molecular weight excluding hydrogens is 146 g/mol. The average Bonchev–Trinajstić information content (AvgIpc) is 1.85. The number of nitrogens with one attached hydrogen (secondary N) is 1. The molecule has 0 aliphatic carbocycles. The lowest BCUT2D eigenvalue weighted by molar-refractivity contribution is 0.0771. The lowest BCUT2D eigenvalue weighted by Crippen LogP contribution is -2.23. The molecule has 4 heteroatoms. The fraction of sp³-hybridized carbons (Fsp3) is 0.857. The summed E-state index contributed by atoms with van der Waals surface area (Å²) in [6.45, 7) is 4.97. The largest absolute Gasteiger partial charge is 0.465 e. The summed E-state index contributed by atoms with van der Waals surface area (Å²) in [7, 11) is 0. The van der Waals surface area contributed by atoms with Crippen molar-refractivity contribution >= 4 is 6.09 Å². The summed E-state index contributed by atoms with van der Waals surface area (Å²) >= 11 is 0. The molecule has 0 aromatic rings. The lowest BCUT2D eigenvalue weighted by Gasteiger charge is -2.06. The molecule has 0 radical (unpaired) electrons. The van der Waals surface area contributed by atoms with Crippen molar-refractivity contribution in [3.05, 3.63) is 0 Å². The first kappa shape index (κ1) is 10.2. The summed E-state index contributed by atoms with van der Waals surface area (Å²) < 4.78 is 5.19. The molecule has 0 fully saturated rings. The third-order valence-corrected chi connectivity index (χ3v) is 1.05. The Morgan fingerprint density at radius 3 is 2.73 bits per heavy atom. The summed E-state index contributed by atoms with van der Waals surface area (Å²) in [5.41, 5.74) is 0. The van der Waals surface area contributed by atoms with Crippen molar-refractivity contribution in [2.24, 2.45) is 0 Å². The maximum atomic E-state index is 9.94. The number of carbonyl (C=O) groups is 1. The number of carboxylic acid groups (broad SMARTS) is 1. The van der Waals surface area contributed by atoms with Crippen molar-refractivity contribution in [1.82, 2.24) is 5.32 Å². The van der Waals surface area contributed by atoms with Crippen molar-refractivity contribution in [1.29, 1.82) is 0 Å². The van der Waals surface area contributed by atoms with Crippen molar-refractivity contribution in [3.63, 3.8) is 0 Å². The molecule has 0 aliphatic heterocycles. The van der Waals surface area contributed by atoms with Crippen LogP contribution in [0.3, 0.4) is 0 Å². The first-order chi connectivity index (χ1) is 5.13. The van der Waals surface area contributed by atoms with Crippen LogP contribution >= 0.6 is 0 Å². The topological polar surface area (TPSA) is 58.6 Å². The molecule has 2 N–H and O–H groups in total. The minimum absolute atomic E-state index is 0.222. The van der Waals surface area contributed by atoms with E-state index in [1.54, 1.807) is 0 Å². The van der Waals surface area contributed by atoms with E-state index in [-0.39, 0.29) is 6.10 Å². The average molecular weight is 161 g/mol. The predicted molar refractivity (Wildman–Crippen MR) is 41.7 cm³/mol. The van der Waals surface area contributed by atoms with E-state index in [1.165, 1.54) is 0 Å². The van der Waals surface area contributed by atoms with Gasteiger partial charge in [0.1, 0.15) is 0 Å². The summed E-state index contributed by atoms with van der Waals surface area (Å²) in [6, 6.07) is 0. The van der Waals surface area contributed by atoms with Crippen LogP contribution in [0.4, 0.5) is 4.79 Å². The van der Waals surface area contributed by atoms with Crippen molar-refractivity contribution in [2.45, 2.75) is 26.4 Å². The first-order valence-corrected chi connectivity index (χ1v) is 3.71. The molecule has 0 spiro atoms. The van der Waals surface area contributed by atoms with E-state index in [1.807, 2.05) is 13.8 Å². The van der Waals surface area contributed by atoms with E-state index >= 15 is 0 Å². The Hall–Kier alpha value is -0.770. The molecule has 11 heavy (non-hydrogen) atoms. The molecule has 0 atom stereocenters. The van der Waals surface area contributed by atoms with Crippen molar-refractivity contribution in [2.75, 3.05) is 13.2 Å². The molecule has 0 unspecified atom stereocenters. The van der Waals surface area contributed by atoms with Gasteiger partial charge in [-0.25, -0.2) is 4.79 Å². The predicted octanol–water partition coefficient (Wildman–Crippen LogP) is 1.07. The van der Waals surface area contributed by atoms with Crippen LogP contribution in [0.5, 0.6) is 0 Å². The second-order valence-corrected chi connectivity index (χ2v) is 2.51. The molecule has 0 aliphatic rings. The van der Waals surface area contributed by atoms with Gasteiger partial charge in [0.2, 0.25) is 0 Å². The molecule has 4 nitrogen and oxygen atoms in total. The minimum atomic E-state index is -0.977. The number of hydrogen-bond donors (Lipinski definition) is 2. The Morgan fingerprint density at radius 2 is 2.27 bits per heavy atom. The second-order valence-electron chi connectivity index (χ2n) is 2.51. The lowest BCUT2D eigenvalue weighted by atomic mass is 10.4. The Morgan fingerprint density at radius 1 is 1.64 bits per heavy atom. The first-order valence-electron chi connectivity index (χ1n) is 3.71. The molecule has 0 rings (SSSR count). The SMILES string of the molecule is CC(C)OCCCNC(=O)O. The standard InChI is InChI=1S/C7H15NO3/c1-6(2)11-5-3-4-8-7(9)10/h6,8H,3-5H2,1-2H3,(H,9,10). The number of amides is 1. The normalized spacial score (nSPS) is 10.1. The van der Waals surface area contributed by atoms with Gasteiger partial charge in [-0.2, -0.15) is 0 Å². The van der Waals surface area contributed by atoms with E-state index in [0.717, 1.165) is 6.42 Å². The number of rotatable bonds is 5. The van der Waals surface area contributed by atoms with Crippen LogP contribution in [-0.4, -0.2) is 30.5 Å². The van der Waals surface area contributed by atoms with E-state index in [4.69, 9.17) is 9.84 Å². The van der Waals surface area contributed by atoms with Crippen LogP contribution in [0.15, 0.2) is 0 Å². The van der Waals surface area contributed by atoms with Crippen LogP contribution in [0.2, 0.25) is 0 Å². The fourth-order valence-corrected chi connectivity index (χ4v) is 0.587. The van der Waals surface area contributed by atoms with Gasteiger partial charge >= 0.3 is 6.09 Å². The van der Waals surface area contributed by atoms with E-state index < -0.39 is 6.09 Å². The molecule has 0 heterocycles. The second kappa shape index (κ2) is 5.97. The molecule has 0 aromatic carbocycles. The third kappa shape index (κ3) is 9.23. The molecule has 0 bridgehead atoms. The van der Waals surface area contributed by atoms with Crippen LogP contribution in [-0.2, 0) is 4.74 Å².